The smallest absolute Gasteiger partial charge is 0.229 e. The van der Waals surface area contributed by atoms with E-state index in [1.165, 1.54) is 0 Å². The van der Waals surface area contributed by atoms with Gasteiger partial charge in [0.1, 0.15) is 5.82 Å². The van der Waals surface area contributed by atoms with Gasteiger partial charge in [0.25, 0.3) is 0 Å². The molecular weight excluding hydrogens is 366 g/mol. The third-order valence-corrected chi connectivity index (χ3v) is 3.95. The maximum Gasteiger partial charge on any atom is 0.229 e. The van der Waals surface area contributed by atoms with Crippen molar-refractivity contribution in [1.82, 2.24) is 15.3 Å². The third kappa shape index (κ3) is 7.60. The van der Waals surface area contributed by atoms with Gasteiger partial charge >= 0.3 is 0 Å². The minimum Gasteiger partial charge on any atom is -0.369 e. The Labute approximate surface area is 171 Å². The summed E-state index contributed by atoms with van der Waals surface area (Å²) in [7, 11) is 0. The Bertz CT molecular complexity index is 856. The van der Waals surface area contributed by atoms with Crippen molar-refractivity contribution in [3.8, 4) is 6.07 Å². The summed E-state index contributed by atoms with van der Waals surface area (Å²) < 4.78 is 0. The lowest BCUT2D eigenvalue weighted by atomic mass is 10.2. The molecule has 0 radical (unpaired) electrons. The van der Waals surface area contributed by atoms with Crippen molar-refractivity contribution in [3.05, 3.63) is 47.7 Å². The molecule has 0 aliphatic carbocycles. The van der Waals surface area contributed by atoms with Gasteiger partial charge in [-0.3, -0.25) is 4.79 Å². The molecule has 0 aliphatic rings. The number of anilines is 3. The first-order valence-corrected chi connectivity index (χ1v) is 9.67. The van der Waals surface area contributed by atoms with E-state index in [0.29, 0.717) is 43.3 Å². The van der Waals surface area contributed by atoms with E-state index >= 15 is 0 Å². The molecule has 2 aromatic rings. The standard InChI is InChI=1S/C21H27N7O/c1-2-12-25-20-17(5-4-13-24-19(29)6-3-11-22)15-26-21(28-20)27-18-9-7-16(14-23)8-10-18/h4-5,7-10,15H,2-3,6,11-13,22H2,1H3,(H,24,29)(H2,25,26,27,28)/b5-4-. The number of carbonyl (C=O) groups excluding carboxylic acids is 1. The second-order valence-electron chi connectivity index (χ2n) is 6.34. The predicted molar refractivity (Wildman–Crippen MR) is 116 cm³/mol. The number of nitrogens with two attached hydrogens (primary N) is 1. The number of rotatable bonds is 11. The highest BCUT2D eigenvalue weighted by atomic mass is 16.1. The van der Waals surface area contributed by atoms with Crippen LogP contribution in [-0.4, -0.2) is 35.5 Å². The molecule has 0 atom stereocenters. The largest absolute Gasteiger partial charge is 0.369 e. The molecule has 2 rings (SSSR count). The second kappa shape index (κ2) is 12.1. The summed E-state index contributed by atoms with van der Waals surface area (Å²) in [6, 6.07) is 9.17. The van der Waals surface area contributed by atoms with Crippen LogP contribution in [0.25, 0.3) is 6.08 Å². The molecular formula is C21H27N7O. The van der Waals surface area contributed by atoms with Gasteiger partial charge in [-0.1, -0.05) is 19.1 Å². The Morgan fingerprint density at radius 3 is 2.79 bits per heavy atom. The van der Waals surface area contributed by atoms with Gasteiger partial charge in [0, 0.05) is 37.0 Å². The molecule has 0 spiro atoms. The van der Waals surface area contributed by atoms with Crippen molar-refractivity contribution >= 4 is 29.4 Å². The van der Waals surface area contributed by atoms with Gasteiger partial charge in [-0.15, -0.1) is 0 Å². The summed E-state index contributed by atoms with van der Waals surface area (Å²) >= 11 is 0. The Kier molecular flexibility index (Phi) is 9.12. The van der Waals surface area contributed by atoms with Gasteiger partial charge in [-0.05, 0) is 43.7 Å². The average molecular weight is 393 g/mol. The highest BCUT2D eigenvalue weighted by molar-refractivity contribution is 5.76. The van der Waals surface area contributed by atoms with Crippen molar-refractivity contribution in [1.29, 1.82) is 5.26 Å². The first-order valence-electron chi connectivity index (χ1n) is 9.67. The topological polar surface area (TPSA) is 129 Å². The molecule has 0 unspecified atom stereocenters. The SMILES string of the molecule is CCCNc1nc(Nc2ccc(C#N)cc2)ncc1/C=C\CNC(=O)CCCN. The van der Waals surface area contributed by atoms with Crippen molar-refractivity contribution in [2.45, 2.75) is 26.2 Å². The highest BCUT2D eigenvalue weighted by Crippen LogP contribution is 2.19. The molecule has 8 nitrogen and oxygen atoms in total. The minimum absolute atomic E-state index is 0.0114. The molecule has 1 amide bonds. The molecule has 0 fully saturated rings. The lowest BCUT2D eigenvalue weighted by Crippen LogP contribution is -2.23. The molecule has 1 aromatic heterocycles. The Balaban J connectivity index is 2.04. The predicted octanol–water partition coefficient (Wildman–Crippen LogP) is 2.78. The minimum atomic E-state index is -0.0114. The van der Waals surface area contributed by atoms with E-state index in [4.69, 9.17) is 11.0 Å². The molecule has 1 aromatic carbocycles. The monoisotopic (exact) mass is 393 g/mol. The molecule has 8 heteroatoms. The van der Waals surface area contributed by atoms with Crippen LogP contribution >= 0.6 is 0 Å². The molecule has 1 heterocycles. The van der Waals surface area contributed by atoms with Crippen LogP contribution in [0.3, 0.4) is 0 Å². The molecule has 29 heavy (non-hydrogen) atoms. The Hall–Kier alpha value is -3.44. The van der Waals surface area contributed by atoms with E-state index in [9.17, 15) is 4.79 Å². The lowest BCUT2D eigenvalue weighted by Gasteiger charge is -2.11. The first kappa shape index (κ1) is 21.9. The van der Waals surface area contributed by atoms with E-state index in [2.05, 4.69) is 38.9 Å². The van der Waals surface area contributed by atoms with Crippen LogP contribution in [0.5, 0.6) is 0 Å². The summed E-state index contributed by atoms with van der Waals surface area (Å²) in [6.07, 6.45) is 7.55. The normalized spacial score (nSPS) is 10.5. The number of carbonyl (C=O) groups is 1. The van der Waals surface area contributed by atoms with Crippen molar-refractivity contribution < 1.29 is 4.79 Å². The first-order chi connectivity index (χ1) is 14.2. The van der Waals surface area contributed by atoms with Gasteiger partial charge < -0.3 is 21.7 Å². The fourth-order valence-electron chi connectivity index (χ4n) is 2.43. The number of nitrogens with one attached hydrogen (secondary N) is 3. The van der Waals surface area contributed by atoms with Crippen LogP contribution in [-0.2, 0) is 4.79 Å². The summed E-state index contributed by atoms with van der Waals surface area (Å²) in [6.45, 7) is 3.80. The number of aromatic nitrogens is 2. The molecule has 0 aliphatic heterocycles. The van der Waals surface area contributed by atoms with E-state index in [1.807, 2.05) is 24.3 Å². The molecule has 152 valence electrons. The fourth-order valence-corrected chi connectivity index (χ4v) is 2.43. The van der Waals surface area contributed by atoms with Crippen molar-refractivity contribution in [2.75, 3.05) is 30.3 Å². The average Bonchev–Trinajstić information content (AvgIpc) is 2.75. The molecule has 0 saturated carbocycles. The van der Waals surface area contributed by atoms with Crippen LogP contribution in [0.1, 0.15) is 37.3 Å². The molecule has 0 bridgehead atoms. The van der Waals surface area contributed by atoms with Gasteiger partial charge in [-0.2, -0.15) is 10.2 Å². The second-order valence-corrected chi connectivity index (χ2v) is 6.34. The molecule has 0 saturated heterocycles. The van der Waals surface area contributed by atoms with E-state index < -0.39 is 0 Å². The third-order valence-electron chi connectivity index (χ3n) is 3.95. The summed E-state index contributed by atoms with van der Waals surface area (Å²) in [4.78, 5) is 20.5. The summed E-state index contributed by atoms with van der Waals surface area (Å²) in [5.74, 6) is 1.16. The van der Waals surface area contributed by atoms with Gasteiger partial charge in [0.15, 0.2) is 0 Å². The van der Waals surface area contributed by atoms with Gasteiger partial charge in [0.05, 0.1) is 11.6 Å². The van der Waals surface area contributed by atoms with Crippen LogP contribution < -0.4 is 21.7 Å². The van der Waals surface area contributed by atoms with Crippen LogP contribution in [0.15, 0.2) is 36.5 Å². The fraction of sp³-hybridized carbons (Fsp3) is 0.333. The van der Waals surface area contributed by atoms with E-state index in [0.717, 1.165) is 24.2 Å². The Morgan fingerprint density at radius 1 is 1.31 bits per heavy atom. The number of nitrogens with zero attached hydrogens (tertiary/aromatic N) is 3. The van der Waals surface area contributed by atoms with Gasteiger partial charge in [0.2, 0.25) is 11.9 Å². The number of benzene rings is 1. The highest BCUT2D eigenvalue weighted by Gasteiger charge is 2.06. The van der Waals surface area contributed by atoms with Crippen LogP contribution in [0.4, 0.5) is 17.5 Å². The van der Waals surface area contributed by atoms with E-state index in [1.54, 1.807) is 18.3 Å². The van der Waals surface area contributed by atoms with E-state index in [-0.39, 0.29) is 5.91 Å². The Morgan fingerprint density at radius 2 is 2.10 bits per heavy atom. The zero-order valence-corrected chi connectivity index (χ0v) is 16.6. The van der Waals surface area contributed by atoms with Crippen molar-refractivity contribution in [3.63, 3.8) is 0 Å². The zero-order chi connectivity index (χ0) is 20.9. The maximum absolute atomic E-state index is 11.6. The number of nitriles is 1. The van der Waals surface area contributed by atoms with Crippen LogP contribution in [0, 0.1) is 11.3 Å². The lowest BCUT2D eigenvalue weighted by molar-refractivity contribution is -0.120. The summed E-state index contributed by atoms with van der Waals surface area (Å²) in [5, 5.41) is 18.1. The number of amides is 1. The number of hydrogen-bond acceptors (Lipinski definition) is 7. The van der Waals surface area contributed by atoms with Gasteiger partial charge in [-0.25, -0.2) is 4.98 Å². The van der Waals surface area contributed by atoms with Crippen LogP contribution in [0.2, 0.25) is 0 Å². The summed E-state index contributed by atoms with van der Waals surface area (Å²) in [5.41, 5.74) is 7.63. The number of hydrogen-bond donors (Lipinski definition) is 4. The zero-order valence-electron chi connectivity index (χ0n) is 16.6. The van der Waals surface area contributed by atoms with Crippen molar-refractivity contribution in [2.24, 2.45) is 5.73 Å². The maximum atomic E-state index is 11.6. The quantitative estimate of drug-likeness (QED) is 0.462. The molecule has 5 N–H and O–H groups in total.